The van der Waals surface area contributed by atoms with Crippen LogP contribution in [0.4, 0.5) is 13.2 Å². The van der Waals surface area contributed by atoms with Crippen LogP contribution in [0.2, 0.25) is 0 Å². The molecule has 2 rings (SSSR count). The van der Waals surface area contributed by atoms with E-state index in [9.17, 15) is 18.0 Å². The third-order valence-electron chi connectivity index (χ3n) is 2.94. The number of nitrogens with one attached hydrogen (secondary N) is 1. The van der Waals surface area contributed by atoms with Gasteiger partial charge in [-0.3, -0.25) is 4.79 Å². The smallest absolute Gasteiger partial charge is 0.224 e. The van der Waals surface area contributed by atoms with E-state index in [0.29, 0.717) is 0 Å². The Hall–Kier alpha value is -2.30. The maximum Gasteiger partial charge on any atom is 0.224 e. The predicted molar refractivity (Wildman–Crippen MR) is 69.5 cm³/mol. The topological polar surface area (TPSA) is 29.1 Å². The van der Waals surface area contributed by atoms with Crippen molar-refractivity contribution >= 4 is 5.91 Å². The second-order valence-corrected chi connectivity index (χ2v) is 4.25. The van der Waals surface area contributed by atoms with E-state index < -0.39 is 17.5 Å². The molecule has 0 heterocycles. The minimum atomic E-state index is -1.08. The normalized spacial score (nSPS) is 10.4. The Bertz CT molecular complexity index is 656. The average molecular weight is 279 g/mol. The average Bonchev–Trinajstić information content (AvgIpc) is 2.43. The minimum absolute atomic E-state index is 0.130. The summed E-state index contributed by atoms with van der Waals surface area (Å²) in [5, 5.41) is 2.39. The van der Waals surface area contributed by atoms with Crippen LogP contribution in [0, 0.1) is 17.5 Å². The maximum atomic E-state index is 13.8. The minimum Gasteiger partial charge on any atom is -0.359 e. The van der Waals surface area contributed by atoms with Gasteiger partial charge in [0, 0.05) is 12.6 Å². The molecule has 0 saturated heterocycles. The van der Waals surface area contributed by atoms with Crippen LogP contribution < -0.4 is 5.32 Å². The summed E-state index contributed by atoms with van der Waals surface area (Å²) in [5.41, 5.74) is 0.532. The van der Waals surface area contributed by atoms with Gasteiger partial charge in [-0.15, -0.1) is 0 Å². The number of hydrogen-bond donors (Lipinski definition) is 1. The molecule has 0 aromatic heterocycles. The van der Waals surface area contributed by atoms with Crippen molar-refractivity contribution in [3.63, 3.8) is 0 Å². The molecule has 2 aromatic rings. The van der Waals surface area contributed by atoms with Crippen molar-refractivity contribution in [2.45, 2.75) is 6.42 Å². The number of halogens is 3. The molecular formula is C15H12F3NO. The van der Waals surface area contributed by atoms with E-state index >= 15 is 0 Å². The Morgan fingerprint density at radius 1 is 1.00 bits per heavy atom. The monoisotopic (exact) mass is 279 g/mol. The van der Waals surface area contributed by atoms with E-state index in [1.54, 1.807) is 6.07 Å². The number of likely N-dealkylation sites (N-methyl/N-ethyl adjacent to an activating group) is 1. The fourth-order valence-corrected chi connectivity index (χ4v) is 1.93. The molecule has 0 radical (unpaired) electrons. The second kappa shape index (κ2) is 5.77. The van der Waals surface area contributed by atoms with Crippen molar-refractivity contribution in [2.24, 2.45) is 0 Å². The summed E-state index contributed by atoms with van der Waals surface area (Å²) < 4.78 is 40.5. The molecule has 20 heavy (non-hydrogen) atoms. The Labute approximate surface area is 114 Å². The van der Waals surface area contributed by atoms with E-state index in [0.717, 1.165) is 12.1 Å². The zero-order valence-electron chi connectivity index (χ0n) is 10.7. The van der Waals surface area contributed by atoms with Crippen molar-refractivity contribution in [3.8, 4) is 11.1 Å². The van der Waals surface area contributed by atoms with E-state index in [-0.39, 0.29) is 29.0 Å². The number of rotatable bonds is 3. The summed E-state index contributed by atoms with van der Waals surface area (Å²) in [6.45, 7) is 0. The van der Waals surface area contributed by atoms with E-state index in [2.05, 4.69) is 5.32 Å². The predicted octanol–water partition coefficient (Wildman–Crippen LogP) is 3.06. The standard InChI is InChI=1S/C15H12F3NO/c1-19-15(20)7-9-6-13(17)14(18)8-11(9)10-4-2-3-5-12(10)16/h2-6,8H,7H2,1H3,(H,19,20). The first-order chi connectivity index (χ1) is 9.52. The molecule has 0 aliphatic rings. The molecule has 0 fully saturated rings. The Morgan fingerprint density at radius 2 is 1.65 bits per heavy atom. The molecule has 0 unspecified atom stereocenters. The Balaban J connectivity index is 2.59. The molecule has 0 bridgehead atoms. The lowest BCUT2D eigenvalue weighted by Gasteiger charge is -2.11. The third kappa shape index (κ3) is 2.82. The van der Waals surface area contributed by atoms with Gasteiger partial charge in [0.15, 0.2) is 11.6 Å². The summed E-state index contributed by atoms with van der Waals surface area (Å²) in [5.74, 6) is -3.07. The van der Waals surface area contributed by atoms with Crippen LogP contribution in [0.1, 0.15) is 5.56 Å². The highest BCUT2D eigenvalue weighted by Crippen LogP contribution is 2.28. The number of carbonyl (C=O) groups is 1. The van der Waals surface area contributed by atoms with Crippen LogP contribution in [0.15, 0.2) is 36.4 Å². The summed E-state index contributed by atoms with van der Waals surface area (Å²) in [6.07, 6.45) is -0.155. The van der Waals surface area contributed by atoms with Gasteiger partial charge >= 0.3 is 0 Å². The van der Waals surface area contributed by atoms with Gasteiger partial charge in [-0.05, 0) is 29.3 Å². The number of amides is 1. The van der Waals surface area contributed by atoms with Crippen LogP contribution in [-0.2, 0) is 11.2 Å². The highest BCUT2D eigenvalue weighted by atomic mass is 19.2. The van der Waals surface area contributed by atoms with E-state index in [4.69, 9.17) is 0 Å². The molecule has 0 spiro atoms. The number of carbonyl (C=O) groups excluding carboxylic acids is 1. The largest absolute Gasteiger partial charge is 0.359 e. The molecule has 5 heteroatoms. The van der Waals surface area contributed by atoms with Crippen molar-refractivity contribution in [2.75, 3.05) is 7.05 Å². The molecular weight excluding hydrogens is 267 g/mol. The summed E-state index contributed by atoms with van der Waals surface area (Å²) in [7, 11) is 1.44. The van der Waals surface area contributed by atoms with Crippen molar-refractivity contribution in [3.05, 3.63) is 59.4 Å². The van der Waals surface area contributed by atoms with Gasteiger partial charge in [-0.1, -0.05) is 18.2 Å². The van der Waals surface area contributed by atoms with Gasteiger partial charge in [-0.2, -0.15) is 0 Å². The zero-order valence-corrected chi connectivity index (χ0v) is 10.7. The zero-order chi connectivity index (χ0) is 14.7. The molecule has 0 aliphatic carbocycles. The summed E-state index contributed by atoms with van der Waals surface area (Å²) >= 11 is 0. The first-order valence-electron chi connectivity index (χ1n) is 5.96. The lowest BCUT2D eigenvalue weighted by atomic mass is 9.96. The van der Waals surface area contributed by atoms with Crippen molar-refractivity contribution < 1.29 is 18.0 Å². The van der Waals surface area contributed by atoms with Crippen molar-refractivity contribution in [1.29, 1.82) is 0 Å². The fraction of sp³-hybridized carbons (Fsp3) is 0.133. The molecule has 0 aliphatic heterocycles. The molecule has 1 amide bonds. The third-order valence-corrected chi connectivity index (χ3v) is 2.94. The highest BCUT2D eigenvalue weighted by Gasteiger charge is 2.16. The first kappa shape index (κ1) is 14.1. The highest BCUT2D eigenvalue weighted by molar-refractivity contribution is 5.81. The van der Waals surface area contributed by atoms with Crippen molar-refractivity contribution in [1.82, 2.24) is 5.32 Å². The SMILES string of the molecule is CNC(=O)Cc1cc(F)c(F)cc1-c1ccccc1F. The van der Waals surface area contributed by atoms with Crippen LogP contribution in [-0.4, -0.2) is 13.0 Å². The van der Waals surface area contributed by atoms with E-state index in [1.165, 1.54) is 25.2 Å². The van der Waals surface area contributed by atoms with Crippen LogP contribution in [0.25, 0.3) is 11.1 Å². The van der Waals surface area contributed by atoms with Crippen LogP contribution in [0.3, 0.4) is 0 Å². The number of benzene rings is 2. The Morgan fingerprint density at radius 3 is 2.30 bits per heavy atom. The molecule has 104 valence electrons. The van der Waals surface area contributed by atoms with Gasteiger partial charge in [0.1, 0.15) is 5.82 Å². The van der Waals surface area contributed by atoms with E-state index in [1.807, 2.05) is 0 Å². The molecule has 1 N–H and O–H groups in total. The lowest BCUT2D eigenvalue weighted by molar-refractivity contribution is -0.119. The van der Waals surface area contributed by atoms with Gasteiger partial charge in [0.25, 0.3) is 0 Å². The quantitative estimate of drug-likeness (QED) is 0.919. The second-order valence-electron chi connectivity index (χ2n) is 4.25. The van der Waals surface area contributed by atoms with Gasteiger partial charge in [0.2, 0.25) is 5.91 Å². The maximum absolute atomic E-state index is 13.8. The Kier molecular flexibility index (Phi) is 4.08. The summed E-state index contributed by atoms with van der Waals surface area (Å²) in [4.78, 5) is 11.4. The lowest BCUT2D eigenvalue weighted by Crippen LogP contribution is -2.20. The van der Waals surface area contributed by atoms with Gasteiger partial charge in [-0.25, -0.2) is 13.2 Å². The molecule has 0 saturated carbocycles. The van der Waals surface area contributed by atoms with Gasteiger partial charge in [0.05, 0.1) is 6.42 Å². The fourth-order valence-electron chi connectivity index (χ4n) is 1.93. The molecule has 2 aromatic carbocycles. The van der Waals surface area contributed by atoms with Crippen LogP contribution >= 0.6 is 0 Å². The molecule has 0 atom stereocenters. The first-order valence-corrected chi connectivity index (χ1v) is 5.96. The number of hydrogen-bond acceptors (Lipinski definition) is 1. The van der Waals surface area contributed by atoms with Gasteiger partial charge < -0.3 is 5.32 Å². The summed E-state index contributed by atoms with van der Waals surface area (Å²) in [6, 6.07) is 7.59. The molecule has 2 nitrogen and oxygen atoms in total. The van der Waals surface area contributed by atoms with Crippen LogP contribution in [0.5, 0.6) is 0 Å².